The number of anilines is 1. The highest BCUT2D eigenvalue weighted by Crippen LogP contribution is 2.37. The predicted octanol–water partition coefficient (Wildman–Crippen LogP) is 5.00. The molecule has 0 radical (unpaired) electrons. The number of methoxy groups -OCH3 is 2. The summed E-state index contributed by atoms with van der Waals surface area (Å²) in [6, 6.07) is 14.3. The molecule has 2 saturated heterocycles. The van der Waals surface area contributed by atoms with Crippen LogP contribution < -0.4 is 20.4 Å². The van der Waals surface area contributed by atoms with Gasteiger partial charge in [-0.3, -0.25) is 0 Å². The van der Waals surface area contributed by atoms with Crippen LogP contribution in [0.4, 0.5) is 5.69 Å². The Morgan fingerprint density at radius 2 is 1.47 bits per heavy atom. The number of ether oxygens (including phenoxy) is 3. The molecule has 1 aliphatic carbocycles. The quantitative estimate of drug-likeness (QED) is 0.291. The lowest BCUT2D eigenvalue weighted by Crippen LogP contribution is -2.55. The lowest BCUT2D eigenvalue weighted by Gasteiger charge is -2.44. The highest BCUT2D eigenvalue weighted by atomic mass is 16.7. The van der Waals surface area contributed by atoms with E-state index in [0.29, 0.717) is 29.7 Å². The number of nitrogens with one attached hydrogen (secondary N) is 1. The Balaban J connectivity index is 1.11. The molecule has 1 atom stereocenters. The Bertz CT molecular complexity index is 1330. The molecule has 244 valence electrons. The minimum atomic E-state index is -0.599. The van der Waals surface area contributed by atoms with Crippen molar-refractivity contribution in [1.82, 2.24) is 5.32 Å². The molecule has 2 aliphatic heterocycles. The van der Waals surface area contributed by atoms with E-state index in [-0.39, 0.29) is 35.6 Å². The van der Waals surface area contributed by atoms with Crippen LogP contribution >= 0.6 is 0 Å². The van der Waals surface area contributed by atoms with E-state index in [0.717, 1.165) is 44.2 Å². The van der Waals surface area contributed by atoms with Crippen molar-refractivity contribution in [2.75, 3.05) is 32.2 Å². The predicted molar refractivity (Wildman–Crippen MR) is 175 cm³/mol. The third-order valence-corrected chi connectivity index (χ3v) is 10.2. The number of piperidine rings is 1. The minimum absolute atomic E-state index is 0.0479. The lowest BCUT2D eigenvalue weighted by atomic mass is 9.79. The Hall–Kier alpha value is -3.08. The summed E-state index contributed by atoms with van der Waals surface area (Å²) in [5.41, 5.74) is 1.92. The molecule has 9 nitrogen and oxygen atoms in total. The molecule has 3 fully saturated rings. The number of carbonyl (C=O) groups is 2. The molecule has 1 unspecified atom stereocenters. The largest absolute Gasteiger partial charge is 0.494 e. The molecule has 2 heterocycles. The van der Waals surface area contributed by atoms with Gasteiger partial charge in [0.1, 0.15) is 11.9 Å². The average molecular weight is 621 g/mol. The van der Waals surface area contributed by atoms with Gasteiger partial charge in [0.2, 0.25) is 0 Å². The van der Waals surface area contributed by atoms with Crippen LogP contribution in [0.25, 0.3) is 0 Å². The standard InChI is InChI=1S/C35H49BN2O7/c1-22(2)31(37-25-19-28(20-25)43-27-13-14-29(32(39)41-7)30(21-27)33(40)42-8)23-15-17-38(18-16-23)26-11-9-24(10-12-26)36-44-34(3,4)35(5,6)45-36/h9-14,21-23,25,28,31,37H,15-20H2,1-8H3. The molecule has 0 spiro atoms. The molecule has 0 amide bonds. The zero-order chi connectivity index (χ0) is 32.5. The number of rotatable bonds is 10. The fourth-order valence-corrected chi connectivity index (χ4v) is 6.64. The Kier molecular flexibility index (Phi) is 9.87. The van der Waals surface area contributed by atoms with Crippen molar-refractivity contribution >= 4 is 30.2 Å². The van der Waals surface area contributed by atoms with E-state index in [2.05, 4.69) is 76.0 Å². The van der Waals surface area contributed by atoms with E-state index >= 15 is 0 Å². The highest BCUT2D eigenvalue weighted by Gasteiger charge is 2.51. The van der Waals surface area contributed by atoms with Gasteiger partial charge in [-0.2, -0.15) is 0 Å². The van der Waals surface area contributed by atoms with Gasteiger partial charge in [0.25, 0.3) is 0 Å². The van der Waals surface area contributed by atoms with Crippen LogP contribution in [0.2, 0.25) is 0 Å². The minimum Gasteiger partial charge on any atom is -0.490 e. The topological polar surface area (TPSA) is 95.6 Å². The van der Waals surface area contributed by atoms with E-state index in [1.54, 1.807) is 18.2 Å². The fraction of sp³-hybridized carbons (Fsp3) is 0.600. The van der Waals surface area contributed by atoms with E-state index in [1.165, 1.54) is 19.9 Å². The van der Waals surface area contributed by atoms with Crippen molar-refractivity contribution in [3.05, 3.63) is 53.6 Å². The number of esters is 2. The maximum atomic E-state index is 12.3. The normalized spacial score (nSPS) is 23.4. The van der Waals surface area contributed by atoms with Crippen LogP contribution in [0.3, 0.4) is 0 Å². The van der Waals surface area contributed by atoms with Crippen molar-refractivity contribution in [3.63, 3.8) is 0 Å². The van der Waals surface area contributed by atoms with Crippen molar-refractivity contribution in [3.8, 4) is 5.75 Å². The number of nitrogens with zero attached hydrogens (tertiary/aromatic N) is 1. The van der Waals surface area contributed by atoms with Crippen LogP contribution in [0.5, 0.6) is 5.75 Å². The molecular weight excluding hydrogens is 571 g/mol. The summed E-state index contributed by atoms with van der Waals surface area (Å²) in [4.78, 5) is 26.8. The molecule has 0 bridgehead atoms. The van der Waals surface area contributed by atoms with E-state index in [1.807, 2.05) is 0 Å². The monoisotopic (exact) mass is 620 g/mol. The maximum Gasteiger partial charge on any atom is 0.494 e. The third-order valence-electron chi connectivity index (χ3n) is 10.2. The Morgan fingerprint density at radius 1 is 0.889 bits per heavy atom. The molecular formula is C35H49BN2O7. The molecule has 10 heteroatoms. The zero-order valence-electron chi connectivity index (χ0n) is 28.1. The second kappa shape index (κ2) is 13.3. The van der Waals surface area contributed by atoms with Gasteiger partial charge in [0.05, 0.1) is 36.5 Å². The Labute approximate surface area is 268 Å². The molecule has 2 aromatic rings. The van der Waals surface area contributed by atoms with Gasteiger partial charge in [-0.05, 0) is 101 Å². The van der Waals surface area contributed by atoms with Gasteiger partial charge in [-0.15, -0.1) is 0 Å². The van der Waals surface area contributed by atoms with Crippen LogP contribution in [-0.2, 0) is 18.8 Å². The smallest absolute Gasteiger partial charge is 0.490 e. The summed E-state index contributed by atoms with van der Waals surface area (Å²) >= 11 is 0. The Morgan fingerprint density at radius 3 is 2.02 bits per heavy atom. The van der Waals surface area contributed by atoms with E-state index in [9.17, 15) is 9.59 Å². The van der Waals surface area contributed by atoms with E-state index in [4.69, 9.17) is 23.5 Å². The van der Waals surface area contributed by atoms with Gasteiger partial charge < -0.3 is 33.7 Å². The molecule has 1 saturated carbocycles. The third kappa shape index (κ3) is 7.18. The molecule has 1 N–H and O–H groups in total. The van der Waals surface area contributed by atoms with Gasteiger partial charge in [0.15, 0.2) is 0 Å². The lowest BCUT2D eigenvalue weighted by molar-refractivity contribution is 0.00578. The van der Waals surface area contributed by atoms with Crippen molar-refractivity contribution in [2.24, 2.45) is 11.8 Å². The van der Waals surface area contributed by atoms with Gasteiger partial charge in [-0.25, -0.2) is 9.59 Å². The van der Waals surface area contributed by atoms with Gasteiger partial charge in [0, 0.05) is 30.9 Å². The van der Waals surface area contributed by atoms with Gasteiger partial charge >= 0.3 is 19.1 Å². The van der Waals surface area contributed by atoms with Gasteiger partial charge in [-0.1, -0.05) is 26.0 Å². The highest BCUT2D eigenvalue weighted by molar-refractivity contribution is 6.62. The summed E-state index contributed by atoms with van der Waals surface area (Å²) in [7, 11) is 2.23. The summed E-state index contributed by atoms with van der Waals surface area (Å²) in [5, 5.41) is 3.95. The number of carbonyl (C=O) groups excluding carboxylic acids is 2. The molecule has 2 aromatic carbocycles. The van der Waals surface area contributed by atoms with E-state index < -0.39 is 11.9 Å². The molecule has 0 aromatic heterocycles. The first-order chi connectivity index (χ1) is 21.3. The molecule has 5 rings (SSSR count). The van der Waals surface area contributed by atoms with Crippen molar-refractivity contribution in [2.45, 2.75) is 96.6 Å². The summed E-state index contributed by atoms with van der Waals surface area (Å²) in [6.45, 7) is 15.0. The second-order valence-electron chi connectivity index (χ2n) is 14.0. The van der Waals surface area contributed by atoms with Crippen LogP contribution in [0.15, 0.2) is 42.5 Å². The summed E-state index contributed by atoms with van der Waals surface area (Å²) in [6.07, 6.45) is 4.12. The van der Waals surface area contributed by atoms with Crippen LogP contribution in [0.1, 0.15) is 87.9 Å². The first-order valence-corrected chi connectivity index (χ1v) is 16.3. The van der Waals surface area contributed by atoms with Crippen LogP contribution in [-0.4, -0.2) is 75.8 Å². The van der Waals surface area contributed by atoms with Crippen LogP contribution in [0, 0.1) is 11.8 Å². The number of hydrogen-bond donors (Lipinski definition) is 1. The SMILES string of the molecule is COC(=O)c1ccc(OC2CC(NC(C(C)C)C3CCN(c4ccc(B5OC(C)(C)C(C)(C)O5)cc4)CC3)C2)cc1C(=O)OC. The van der Waals surface area contributed by atoms with Crippen molar-refractivity contribution in [1.29, 1.82) is 0 Å². The summed E-state index contributed by atoms with van der Waals surface area (Å²) in [5.74, 6) is 0.491. The first kappa shape index (κ1) is 33.3. The molecule has 45 heavy (non-hydrogen) atoms. The summed E-state index contributed by atoms with van der Waals surface area (Å²) < 4.78 is 28.3. The second-order valence-corrected chi connectivity index (χ2v) is 14.0. The maximum absolute atomic E-state index is 12.3. The first-order valence-electron chi connectivity index (χ1n) is 16.3. The zero-order valence-corrected chi connectivity index (χ0v) is 28.1. The number of benzene rings is 2. The fourth-order valence-electron chi connectivity index (χ4n) is 6.64. The molecule has 3 aliphatic rings. The number of hydrogen-bond acceptors (Lipinski definition) is 9. The average Bonchev–Trinajstić information content (AvgIpc) is 3.23. The van der Waals surface area contributed by atoms with Crippen molar-refractivity contribution < 1.29 is 33.1 Å².